The Kier molecular flexibility index (Phi) is 7.77. The van der Waals surface area contributed by atoms with Gasteiger partial charge < -0.3 is 0 Å². The molecular formula is C22H30S2. The molecule has 0 aliphatic rings. The maximum absolute atomic E-state index is 2.41. The van der Waals surface area contributed by atoms with E-state index in [9.17, 15) is 0 Å². The first kappa shape index (κ1) is 19.5. The van der Waals surface area contributed by atoms with Gasteiger partial charge in [-0.2, -0.15) is 0 Å². The van der Waals surface area contributed by atoms with E-state index in [1.54, 1.807) is 0 Å². The summed E-state index contributed by atoms with van der Waals surface area (Å²) in [5.74, 6) is 0. The van der Waals surface area contributed by atoms with E-state index in [0.29, 0.717) is 0 Å². The van der Waals surface area contributed by atoms with Crippen molar-refractivity contribution in [1.82, 2.24) is 0 Å². The van der Waals surface area contributed by atoms with E-state index in [1.807, 2.05) is 23.5 Å². The zero-order chi connectivity index (χ0) is 17.4. The van der Waals surface area contributed by atoms with E-state index >= 15 is 0 Å². The molecule has 2 rings (SSSR count). The number of benzene rings is 2. The van der Waals surface area contributed by atoms with Crippen LogP contribution in [-0.4, -0.2) is 4.08 Å². The Bertz CT molecular complexity index is 551. The van der Waals surface area contributed by atoms with Gasteiger partial charge in [-0.05, 0) is 51.5 Å². The number of hydrogen-bond acceptors (Lipinski definition) is 2. The molecule has 24 heavy (non-hydrogen) atoms. The average Bonchev–Trinajstić information content (AvgIpc) is 2.56. The van der Waals surface area contributed by atoms with Gasteiger partial charge in [0.05, 0.1) is 4.08 Å². The minimum absolute atomic E-state index is 0.179. The SMILES string of the molecule is CCCCCCC(C)(Sc1ccc(C)cc1)Sc1ccc(C)cc1. The van der Waals surface area contributed by atoms with Crippen LogP contribution in [0, 0.1) is 13.8 Å². The first-order valence-electron chi connectivity index (χ1n) is 9.02. The van der Waals surface area contributed by atoms with Gasteiger partial charge >= 0.3 is 0 Å². The van der Waals surface area contributed by atoms with E-state index < -0.39 is 0 Å². The van der Waals surface area contributed by atoms with Crippen molar-refractivity contribution >= 4 is 23.5 Å². The van der Waals surface area contributed by atoms with Gasteiger partial charge in [-0.1, -0.05) is 68.0 Å². The molecule has 2 aromatic rings. The lowest BCUT2D eigenvalue weighted by atomic mass is 10.1. The fourth-order valence-corrected chi connectivity index (χ4v) is 5.49. The molecule has 0 aromatic heterocycles. The Balaban J connectivity index is 2.09. The number of aryl methyl sites for hydroxylation is 2. The molecule has 0 nitrogen and oxygen atoms in total. The molecule has 0 saturated carbocycles. The van der Waals surface area contributed by atoms with Crippen molar-refractivity contribution < 1.29 is 0 Å². The highest BCUT2D eigenvalue weighted by atomic mass is 32.2. The van der Waals surface area contributed by atoms with E-state index in [4.69, 9.17) is 0 Å². The van der Waals surface area contributed by atoms with Gasteiger partial charge in [0.25, 0.3) is 0 Å². The third-order valence-corrected chi connectivity index (χ3v) is 6.98. The molecule has 0 amide bonds. The highest BCUT2D eigenvalue weighted by Crippen LogP contribution is 2.48. The smallest absolute Gasteiger partial charge is 0.0677 e. The molecule has 2 heteroatoms. The Morgan fingerprint density at radius 2 is 1.17 bits per heavy atom. The summed E-state index contributed by atoms with van der Waals surface area (Å²) in [5.41, 5.74) is 2.66. The maximum atomic E-state index is 2.41. The van der Waals surface area contributed by atoms with Crippen LogP contribution >= 0.6 is 23.5 Å². The monoisotopic (exact) mass is 358 g/mol. The van der Waals surface area contributed by atoms with Crippen LogP contribution in [0.2, 0.25) is 0 Å². The number of hydrogen-bond donors (Lipinski definition) is 0. The number of unbranched alkanes of at least 4 members (excludes halogenated alkanes) is 3. The molecule has 0 aliphatic heterocycles. The molecule has 0 bridgehead atoms. The van der Waals surface area contributed by atoms with Crippen LogP contribution in [0.3, 0.4) is 0 Å². The Morgan fingerprint density at radius 3 is 1.58 bits per heavy atom. The first-order chi connectivity index (χ1) is 11.5. The number of thioether (sulfide) groups is 2. The quantitative estimate of drug-likeness (QED) is 0.254. The van der Waals surface area contributed by atoms with Crippen molar-refractivity contribution in [3.05, 3.63) is 59.7 Å². The highest BCUT2D eigenvalue weighted by molar-refractivity contribution is 8.18. The van der Waals surface area contributed by atoms with Crippen molar-refractivity contribution in [3.8, 4) is 0 Å². The second-order valence-corrected chi connectivity index (χ2v) is 10.2. The third kappa shape index (κ3) is 6.57. The fourth-order valence-electron chi connectivity index (χ4n) is 2.71. The molecule has 0 heterocycles. The highest BCUT2D eigenvalue weighted by Gasteiger charge is 2.26. The minimum Gasteiger partial charge on any atom is -0.108 e. The Labute approximate surface area is 156 Å². The molecule has 0 saturated heterocycles. The molecule has 0 fully saturated rings. The molecule has 0 spiro atoms. The van der Waals surface area contributed by atoms with Crippen LogP contribution < -0.4 is 0 Å². The van der Waals surface area contributed by atoms with Crippen LogP contribution in [0.15, 0.2) is 58.3 Å². The second-order valence-electron chi connectivity index (χ2n) is 6.77. The predicted molar refractivity (Wildman–Crippen MR) is 111 cm³/mol. The van der Waals surface area contributed by atoms with Gasteiger partial charge in [-0.3, -0.25) is 0 Å². The molecule has 2 aromatic carbocycles. The third-order valence-electron chi connectivity index (χ3n) is 4.19. The summed E-state index contributed by atoms with van der Waals surface area (Å²) >= 11 is 4.04. The van der Waals surface area contributed by atoms with Gasteiger partial charge in [-0.25, -0.2) is 0 Å². The zero-order valence-electron chi connectivity index (χ0n) is 15.5. The maximum Gasteiger partial charge on any atom is 0.0677 e. The van der Waals surface area contributed by atoms with Crippen LogP contribution in [0.4, 0.5) is 0 Å². The van der Waals surface area contributed by atoms with Gasteiger partial charge in [0.1, 0.15) is 0 Å². The van der Waals surface area contributed by atoms with Crippen LogP contribution in [0.25, 0.3) is 0 Å². The average molecular weight is 359 g/mol. The summed E-state index contributed by atoms with van der Waals surface area (Å²) in [6.07, 6.45) is 6.54. The summed E-state index contributed by atoms with van der Waals surface area (Å²) in [6, 6.07) is 17.9. The van der Waals surface area contributed by atoms with Crippen LogP contribution in [0.5, 0.6) is 0 Å². The molecule has 0 atom stereocenters. The second kappa shape index (κ2) is 9.58. The Morgan fingerprint density at radius 1 is 0.708 bits per heavy atom. The predicted octanol–water partition coefficient (Wildman–Crippen LogP) is 7.87. The topological polar surface area (TPSA) is 0 Å². The summed E-state index contributed by atoms with van der Waals surface area (Å²) in [7, 11) is 0. The lowest BCUT2D eigenvalue weighted by molar-refractivity contribution is 0.616. The molecule has 0 aliphatic carbocycles. The fraction of sp³-hybridized carbons (Fsp3) is 0.455. The van der Waals surface area contributed by atoms with Crippen molar-refractivity contribution in [3.63, 3.8) is 0 Å². The van der Waals surface area contributed by atoms with Gasteiger partial charge in [0.15, 0.2) is 0 Å². The minimum atomic E-state index is 0.179. The summed E-state index contributed by atoms with van der Waals surface area (Å²) < 4.78 is 0.179. The summed E-state index contributed by atoms with van der Waals surface area (Å²) in [6.45, 7) is 8.99. The van der Waals surface area contributed by atoms with Crippen molar-refractivity contribution in [2.24, 2.45) is 0 Å². The van der Waals surface area contributed by atoms with Gasteiger partial charge in [0, 0.05) is 9.79 Å². The molecule has 0 radical (unpaired) electrons. The lowest BCUT2D eigenvalue weighted by Crippen LogP contribution is -2.14. The lowest BCUT2D eigenvalue weighted by Gasteiger charge is -2.29. The van der Waals surface area contributed by atoms with Crippen LogP contribution in [-0.2, 0) is 0 Å². The van der Waals surface area contributed by atoms with Gasteiger partial charge in [0.2, 0.25) is 0 Å². The van der Waals surface area contributed by atoms with Crippen molar-refractivity contribution in [1.29, 1.82) is 0 Å². The van der Waals surface area contributed by atoms with E-state index in [1.165, 1.54) is 53.0 Å². The summed E-state index contributed by atoms with van der Waals surface area (Å²) in [4.78, 5) is 2.75. The number of rotatable bonds is 9. The Hall–Kier alpha value is -0.860. The van der Waals surface area contributed by atoms with Gasteiger partial charge in [-0.15, -0.1) is 23.5 Å². The first-order valence-corrected chi connectivity index (χ1v) is 10.7. The normalized spacial score (nSPS) is 11.7. The molecule has 0 unspecified atom stereocenters. The molecular weight excluding hydrogens is 328 g/mol. The molecule has 0 N–H and O–H groups in total. The van der Waals surface area contributed by atoms with Crippen molar-refractivity contribution in [2.45, 2.75) is 73.7 Å². The van der Waals surface area contributed by atoms with Crippen molar-refractivity contribution in [2.75, 3.05) is 0 Å². The zero-order valence-corrected chi connectivity index (χ0v) is 17.1. The van der Waals surface area contributed by atoms with E-state index in [0.717, 1.165) is 0 Å². The largest absolute Gasteiger partial charge is 0.108 e. The molecule has 130 valence electrons. The van der Waals surface area contributed by atoms with E-state index in [-0.39, 0.29) is 4.08 Å². The summed E-state index contributed by atoms with van der Waals surface area (Å²) in [5, 5.41) is 0. The standard InChI is InChI=1S/C22H30S2/c1-5-6-7-8-17-22(4,23-20-13-9-18(2)10-14-20)24-21-15-11-19(3)12-16-21/h9-16H,5-8,17H2,1-4H3. The van der Waals surface area contributed by atoms with E-state index in [2.05, 4.69) is 76.2 Å². The van der Waals surface area contributed by atoms with Crippen LogP contribution in [0.1, 0.15) is 57.1 Å².